The number of nitrogens with one attached hydrogen (secondary N) is 2. The smallest absolute Gasteiger partial charge is 0.224 e. The summed E-state index contributed by atoms with van der Waals surface area (Å²) in [6.45, 7) is 7.90. The summed E-state index contributed by atoms with van der Waals surface area (Å²) in [6, 6.07) is 11.2. The summed E-state index contributed by atoms with van der Waals surface area (Å²) in [4.78, 5) is 25.5. The lowest BCUT2D eigenvalue weighted by Gasteiger charge is -2.21. The summed E-state index contributed by atoms with van der Waals surface area (Å²) >= 11 is 12.5. The molecule has 0 spiro atoms. The molecule has 0 radical (unpaired) electrons. The van der Waals surface area contributed by atoms with Crippen molar-refractivity contribution in [2.75, 3.05) is 10.6 Å². The number of rotatable bonds is 4. The SMILES string of the molecule is Cc1ccc(NC2=C(Cl)C(=O)C(Nc3ccc(C)c(C)c3)=C(Cl)C2=O)cc1C. The Balaban J connectivity index is 1.91. The molecule has 0 unspecified atom stereocenters. The molecule has 3 rings (SSSR count). The normalized spacial score (nSPS) is 14.6. The summed E-state index contributed by atoms with van der Waals surface area (Å²) in [6.07, 6.45) is 0. The zero-order chi connectivity index (χ0) is 20.6. The first-order chi connectivity index (χ1) is 13.2. The second kappa shape index (κ2) is 7.82. The minimum Gasteiger partial charge on any atom is -0.351 e. The Bertz CT molecular complexity index is 983. The Kier molecular flexibility index (Phi) is 5.64. The van der Waals surface area contributed by atoms with E-state index in [0.29, 0.717) is 11.4 Å². The number of halogens is 2. The third-order valence-corrected chi connectivity index (χ3v) is 5.57. The number of carbonyl (C=O) groups excluding carboxylic acids is 2. The van der Waals surface area contributed by atoms with Gasteiger partial charge < -0.3 is 10.6 Å². The molecular formula is C22H20Cl2N2O2. The lowest BCUT2D eigenvalue weighted by molar-refractivity contribution is -0.115. The maximum atomic E-state index is 12.8. The minimum atomic E-state index is -0.532. The second-order valence-corrected chi connectivity index (χ2v) is 7.64. The van der Waals surface area contributed by atoms with E-state index in [1.54, 1.807) is 0 Å². The van der Waals surface area contributed by atoms with Gasteiger partial charge in [0.2, 0.25) is 11.6 Å². The Morgan fingerprint density at radius 2 is 0.964 bits per heavy atom. The molecule has 6 heteroatoms. The Morgan fingerprint density at radius 3 is 1.29 bits per heavy atom. The van der Waals surface area contributed by atoms with Gasteiger partial charge in [-0.1, -0.05) is 35.3 Å². The summed E-state index contributed by atoms with van der Waals surface area (Å²) in [5.41, 5.74) is 5.62. The highest BCUT2D eigenvalue weighted by Crippen LogP contribution is 2.31. The average molecular weight is 415 g/mol. The molecule has 0 saturated heterocycles. The number of anilines is 2. The molecule has 4 nitrogen and oxygen atoms in total. The van der Waals surface area contributed by atoms with Crippen LogP contribution in [0.1, 0.15) is 22.3 Å². The van der Waals surface area contributed by atoms with Crippen LogP contribution in [0.2, 0.25) is 0 Å². The molecule has 0 aromatic heterocycles. The van der Waals surface area contributed by atoms with Crippen LogP contribution in [-0.2, 0) is 9.59 Å². The monoisotopic (exact) mass is 414 g/mol. The van der Waals surface area contributed by atoms with Crippen molar-refractivity contribution >= 4 is 46.1 Å². The van der Waals surface area contributed by atoms with Crippen LogP contribution >= 0.6 is 23.2 Å². The van der Waals surface area contributed by atoms with Crippen LogP contribution in [-0.4, -0.2) is 11.6 Å². The highest BCUT2D eigenvalue weighted by atomic mass is 35.5. The van der Waals surface area contributed by atoms with Crippen molar-refractivity contribution in [3.05, 3.63) is 80.1 Å². The van der Waals surface area contributed by atoms with Gasteiger partial charge in [0.1, 0.15) is 21.5 Å². The van der Waals surface area contributed by atoms with Crippen LogP contribution in [0.3, 0.4) is 0 Å². The largest absolute Gasteiger partial charge is 0.351 e. The van der Waals surface area contributed by atoms with E-state index < -0.39 is 11.6 Å². The zero-order valence-electron chi connectivity index (χ0n) is 16.0. The van der Waals surface area contributed by atoms with E-state index in [-0.39, 0.29) is 21.5 Å². The first-order valence-corrected chi connectivity index (χ1v) is 9.52. The molecular weight excluding hydrogens is 395 g/mol. The fourth-order valence-electron chi connectivity index (χ4n) is 2.80. The molecule has 0 heterocycles. The van der Waals surface area contributed by atoms with E-state index in [1.165, 1.54) is 0 Å². The van der Waals surface area contributed by atoms with Crippen molar-refractivity contribution in [3.8, 4) is 0 Å². The van der Waals surface area contributed by atoms with Crippen LogP contribution in [0.15, 0.2) is 57.9 Å². The standard InChI is InChI=1S/C22H20Cl2N2O2/c1-11-5-7-15(9-13(11)3)25-19-17(23)22(28)20(18(24)21(19)27)26-16-8-6-12(2)14(4)10-16/h5-10,25-26H,1-4H3. The van der Waals surface area contributed by atoms with Crippen molar-refractivity contribution in [1.29, 1.82) is 0 Å². The van der Waals surface area contributed by atoms with Crippen molar-refractivity contribution < 1.29 is 9.59 Å². The van der Waals surface area contributed by atoms with Gasteiger partial charge in [0.05, 0.1) is 0 Å². The Hall–Kier alpha value is -2.56. The molecule has 0 bridgehead atoms. The van der Waals surface area contributed by atoms with E-state index in [2.05, 4.69) is 10.6 Å². The van der Waals surface area contributed by atoms with Crippen LogP contribution in [0, 0.1) is 27.7 Å². The number of aryl methyl sites for hydroxylation is 4. The quantitative estimate of drug-likeness (QED) is 0.648. The summed E-state index contributed by atoms with van der Waals surface area (Å²) in [7, 11) is 0. The summed E-state index contributed by atoms with van der Waals surface area (Å²) in [5, 5.41) is 5.49. The van der Waals surface area contributed by atoms with Crippen molar-refractivity contribution in [2.24, 2.45) is 0 Å². The lowest BCUT2D eigenvalue weighted by Crippen LogP contribution is -2.27. The fraction of sp³-hybridized carbons (Fsp3) is 0.182. The Labute approximate surface area is 174 Å². The van der Waals surface area contributed by atoms with Gasteiger partial charge in [0.15, 0.2) is 0 Å². The highest BCUT2D eigenvalue weighted by Gasteiger charge is 2.33. The summed E-state index contributed by atoms with van der Waals surface area (Å²) in [5.74, 6) is -1.06. The maximum Gasteiger partial charge on any atom is 0.224 e. The van der Waals surface area contributed by atoms with Crippen LogP contribution in [0.25, 0.3) is 0 Å². The molecule has 144 valence electrons. The van der Waals surface area contributed by atoms with Crippen LogP contribution in [0.4, 0.5) is 11.4 Å². The molecule has 1 aliphatic rings. The number of hydrogen-bond acceptors (Lipinski definition) is 4. The van der Waals surface area contributed by atoms with E-state index in [1.807, 2.05) is 64.1 Å². The first kappa shape index (κ1) is 20.2. The number of benzene rings is 2. The minimum absolute atomic E-state index is 0.0226. The predicted octanol–water partition coefficient (Wildman–Crippen LogP) is 5.50. The topological polar surface area (TPSA) is 58.2 Å². The van der Waals surface area contributed by atoms with Gasteiger partial charge >= 0.3 is 0 Å². The number of ketones is 2. The van der Waals surface area contributed by atoms with E-state index in [0.717, 1.165) is 22.3 Å². The van der Waals surface area contributed by atoms with Gasteiger partial charge in [-0.2, -0.15) is 0 Å². The number of hydrogen-bond donors (Lipinski definition) is 2. The van der Waals surface area contributed by atoms with Gasteiger partial charge in [-0.25, -0.2) is 0 Å². The summed E-state index contributed by atoms with van der Waals surface area (Å²) < 4.78 is 0. The maximum absolute atomic E-state index is 12.8. The van der Waals surface area contributed by atoms with E-state index in [9.17, 15) is 9.59 Å². The Morgan fingerprint density at radius 1 is 0.607 bits per heavy atom. The molecule has 0 saturated carbocycles. The van der Waals surface area contributed by atoms with Crippen molar-refractivity contribution in [1.82, 2.24) is 0 Å². The third kappa shape index (κ3) is 3.84. The predicted molar refractivity (Wildman–Crippen MR) is 115 cm³/mol. The molecule has 2 N–H and O–H groups in total. The molecule has 0 fully saturated rings. The van der Waals surface area contributed by atoms with Gasteiger partial charge in [-0.05, 0) is 74.2 Å². The fourth-order valence-corrected chi connectivity index (χ4v) is 3.25. The van der Waals surface area contributed by atoms with Crippen LogP contribution < -0.4 is 10.6 Å². The molecule has 1 aliphatic carbocycles. The zero-order valence-corrected chi connectivity index (χ0v) is 17.5. The molecule has 0 aliphatic heterocycles. The molecule has 0 amide bonds. The van der Waals surface area contributed by atoms with Crippen molar-refractivity contribution in [3.63, 3.8) is 0 Å². The third-order valence-electron chi connectivity index (χ3n) is 4.84. The highest BCUT2D eigenvalue weighted by molar-refractivity contribution is 6.56. The van der Waals surface area contributed by atoms with Gasteiger partial charge in [-0.15, -0.1) is 0 Å². The van der Waals surface area contributed by atoms with Crippen LogP contribution in [0.5, 0.6) is 0 Å². The molecule has 0 atom stereocenters. The van der Waals surface area contributed by atoms with Gasteiger partial charge in [0.25, 0.3) is 0 Å². The number of carbonyl (C=O) groups is 2. The van der Waals surface area contributed by atoms with Gasteiger partial charge in [0, 0.05) is 11.4 Å². The average Bonchev–Trinajstić information content (AvgIpc) is 2.66. The molecule has 2 aromatic rings. The number of allylic oxidation sites excluding steroid dienone is 2. The first-order valence-electron chi connectivity index (χ1n) is 8.76. The molecule has 28 heavy (non-hydrogen) atoms. The van der Waals surface area contributed by atoms with E-state index >= 15 is 0 Å². The molecule has 2 aromatic carbocycles. The number of Topliss-reactive ketones (excluding diaryl/α,β-unsaturated/α-hetero) is 2. The van der Waals surface area contributed by atoms with Crippen molar-refractivity contribution in [2.45, 2.75) is 27.7 Å². The van der Waals surface area contributed by atoms with Gasteiger partial charge in [-0.3, -0.25) is 9.59 Å². The van der Waals surface area contributed by atoms with E-state index in [4.69, 9.17) is 23.2 Å². The lowest BCUT2D eigenvalue weighted by atomic mass is 10.0. The second-order valence-electron chi connectivity index (χ2n) is 6.88.